The Hall–Kier alpha value is -2.97. The molecule has 2 fully saturated rings. The topological polar surface area (TPSA) is 89.0 Å². The molecule has 1 saturated carbocycles. The highest BCUT2D eigenvalue weighted by atomic mass is 35.5. The molecule has 1 N–H and O–H groups in total. The number of aliphatic hydroxyl groups excluding tert-OH is 1. The molecule has 4 atom stereocenters. The van der Waals surface area contributed by atoms with Crippen molar-refractivity contribution < 1.29 is 24.2 Å². The molecule has 1 amide bonds. The van der Waals surface area contributed by atoms with E-state index in [2.05, 4.69) is 4.98 Å². The van der Waals surface area contributed by atoms with Crippen molar-refractivity contribution in [3.05, 3.63) is 99.3 Å². The van der Waals surface area contributed by atoms with E-state index < -0.39 is 23.7 Å². The number of amides is 1. The van der Waals surface area contributed by atoms with Crippen LogP contribution in [-0.4, -0.2) is 52.2 Å². The van der Waals surface area contributed by atoms with E-state index in [9.17, 15) is 14.7 Å². The van der Waals surface area contributed by atoms with Crippen molar-refractivity contribution in [1.82, 2.24) is 9.88 Å². The van der Waals surface area contributed by atoms with Gasteiger partial charge < -0.3 is 19.5 Å². The maximum Gasteiger partial charge on any atom is 0.339 e. The molecule has 0 spiro atoms. The van der Waals surface area contributed by atoms with Gasteiger partial charge in [-0.2, -0.15) is 0 Å². The van der Waals surface area contributed by atoms with Gasteiger partial charge in [-0.25, -0.2) is 4.79 Å². The van der Waals surface area contributed by atoms with E-state index in [1.54, 1.807) is 37.3 Å². The van der Waals surface area contributed by atoms with E-state index >= 15 is 0 Å². The number of rotatable bonds is 8. The minimum absolute atomic E-state index is 0.162. The van der Waals surface area contributed by atoms with Gasteiger partial charge in [0.1, 0.15) is 6.10 Å². The smallest absolute Gasteiger partial charge is 0.339 e. The van der Waals surface area contributed by atoms with E-state index in [4.69, 9.17) is 32.7 Å². The third-order valence-electron chi connectivity index (χ3n) is 7.52. The van der Waals surface area contributed by atoms with Gasteiger partial charge in [0.25, 0.3) is 5.91 Å². The molecular weight excluding hydrogens is 539 g/mol. The van der Waals surface area contributed by atoms with E-state index in [0.717, 1.165) is 24.0 Å². The largest absolute Gasteiger partial charge is 0.465 e. The van der Waals surface area contributed by atoms with E-state index in [-0.39, 0.29) is 30.9 Å². The monoisotopic (exact) mass is 568 g/mol. The third kappa shape index (κ3) is 5.68. The zero-order valence-corrected chi connectivity index (χ0v) is 23.2. The lowest BCUT2D eigenvalue weighted by atomic mass is 9.85. The highest BCUT2D eigenvalue weighted by Gasteiger charge is 2.54. The van der Waals surface area contributed by atoms with Crippen LogP contribution < -0.4 is 0 Å². The molecule has 0 bridgehead atoms. The number of esters is 1. The minimum atomic E-state index is -1.31. The highest BCUT2D eigenvalue weighted by molar-refractivity contribution is 6.30. The molecule has 9 heteroatoms. The van der Waals surface area contributed by atoms with Crippen LogP contribution >= 0.6 is 23.2 Å². The van der Waals surface area contributed by atoms with Crippen LogP contribution in [0.5, 0.6) is 0 Å². The van der Waals surface area contributed by atoms with Crippen molar-refractivity contribution >= 4 is 35.1 Å². The second kappa shape index (κ2) is 11.3. The Morgan fingerprint density at radius 1 is 1.13 bits per heavy atom. The number of hydrogen-bond acceptors (Lipinski definition) is 6. The van der Waals surface area contributed by atoms with Gasteiger partial charge in [-0.1, -0.05) is 47.5 Å². The Morgan fingerprint density at radius 3 is 2.46 bits per heavy atom. The summed E-state index contributed by atoms with van der Waals surface area (Å²) < 4.78 is 11.5. The Morgan fingerprint density at radius 2 is 1.87 bits per heavy atom. The van der Waals surface area contributed by atoms with Crippen molar-refractivity contribution in [2.24, 2.45) is 5.92 Å². The predicted molar refractivity (Wildman–Crippen MR) is 148 cm³/mol. The Kier molecular flexibility index (Phi) is 7.96. The normalized spacial score (nSPS) is 23.9. The Balaban J connectivity index is 1.60. The zero-order valence-electron chi connectivity index (χ0n) is 21.7. The number of aliphatic hydroxyl groups is 1. The highest BCUT2D eigenvalue weighted by Crippen LogP contribution is 2.50. The number of carbonyl (C=O) groups is 2. The maximum absolute atomic E-state index is 14.4. The van der Waals surface area contributed by atoms with Crippen LogP contribution in [0.15, 0.2) is 66.9 Å². The quantitative estimate of drug-likeness (QED) is 0.356. The molecule has 1 aliphatic carbocycles. The zero-order chi connectivity index (χ0) is 27.7. The molecule has 5 rings (SSSR count). The lowest BCUT2D eigenvalue weighted by molar-refractivity contribution is -0.205. The fourth-order valence-corrected chi connectivity index (χ4v) is 5.73. The second-order valence-corrected chi connectivity index (χ2v) is 11.2. The summed E-state index contributed by atoms with van der Waals surface area (Å²) in [4.78, 5) is 32.6. The van der Waals surface area contributed by atoms with Gasteiger partial charge >= 0.3 is 5.97 Å². The molecule has 3 unspecified atom stereocenters. The molecule has 2 aliphatic rings. The number of benzene rings is 2. The molecular formula is C30H30Cl2N2O5. The molecule has 0 radical (unpaired) electrons. The van der Waals surface area contributed by atoms with E-state index in [1.165, 1.54) is 13.3 Å². The lowest BCUT2D eigenvalue weighted by Gasteiger charge is -2.51. The van der Waals surface area contributed by atoms with Crippen LogP contribution in [0.3, 0.4) is 0 Å². The number of halogens is 2. The number of hydrogen-bond donors (Lipinski definition) is 1. The lowest BCUT2D eigenvalue weighted by Crippen LogP contribution is -2.62. The van der Waals surface area contributed by atoms with Crippen LogP contribution in [0.4, 0.5) is 0 Å². The van der Waals surface area contributed by atoms with Gasteiger partial charge in [0.05, 0.1) is 31.4 Å². The number of ether oxygens (including phenoxy) is 2. The van der Waals surface area contributed by atoms with Crippen molar-refractivity contribution in [2.45, 2.75) is 50.0 Å². The van der Waals surface area contributed by atoms with Crippen molar-refractivity contribution in [3.63, 3.8) is 0 Å². The van der Waals surface area contributed by atoms with Gasteiger partial charge in [-0.3, -0.25) is 9.78 Å². The molecule has 204 valence electrons. The summed E-state index contributed by atoms with van der Waals surface area (Å²) >= 11 is 12.6. The van der Waals surface area contributed by atoms with Gasteiger partial charge in [0.2, 0.25) is 0 Å². The summed E-state index contributed by atoms with van der Waals surface area (Å²) in [5.41, 5.74) is 1.25. The van der Waals surface area contributed by atoms with Crippen LogP contribution in [-0.2, 0) is 20.7 Å². The maximum atomic E-state index is 14.4. The van der Waals surface area contributed by atoms with Gasteiger partial charge in [-0.05, 0) is 73.2 Å². The van der Waals surface area contributed by atoms with Gasteiger partial charge in [-0.15, -0.1) is 0 Å². The molecule has 1 aliphatic heterocycles. The Labute approximate surface area is 237 Å². The van der Waals surface area contributed by atoms with Crippen LogP contribution in [0.2, 0.25) is 10.0 Å². The SMILES string of the molecule is COC(=O)c1ccc(C[C@]2(C)OC(c3cccc(Cl)c3)C(c3ccc(Cl)cc3)N(C(CO)C3CC3)C2=O)nc1. The summed E-state index contributed by atoms with van der Waals surface area (Å²) in [5.74, 6) is -0.516. The van der Waals surface area contributed by atoms with Crippen molar-refractivity contribution in [3.8, 4) is 0 Å². The second-order valence-electron chi connectivity index (χ2n) is 10.3. The van der Waals surface area contributed by atoms with Crippen molar-refractivity contribution in [2.75, 3.05) is 13.7 Å². The van der Waals surface area contributed by atoms with Gasteiger partial charge in [0.15, 0.2) is 5.60 Å². The van der Waals surface area contributed by atoms with Crippen LogP contribution in [0, 0.1) is 5.92 Å². The molecule has 2 aromatic carbocycles. The van der Waals surface area contributed by atoms with E-state index in [1.807, 2.05) is 35.2 Å². The minimum Gasteiger partial charge on any atom is -0.465 e. The molecule has 7 nitrogen and oxygen atoms in total. The third-order valence-corrected chi connectivity index (χ3v) is 8.01. The standard InChI is InChI=1S/C30H30Cl2N2O5/c1-30(15-24-13-10-21(16-33-24)28(36)38-2)29(37)34(25(17-35)18-6-7-18)26(19-8-11-22(31)12-9-19)27(39-30)20-4-3-5-23(32)14-20/h3-5,8-14,16,18,25-27,35H,6-7,15,17H2,1-2H3/t25?,26?,27?,30-/m0/s1. The summed E-state index contributed by atoms with van der Waals surface area (Å²) in [5, 5.41) is 11.7. The first-order valence-electron chi connectivity index (χ1n) is 12.9. The number of aromatic nitrogens is 1. The fourth-order valence-electron chi connectivity index (χ4n) is 5.40. The number of methoxy groups -OCH3 is 1. The molecule has 1 aromatic heterocycles. The predicted octanol–water partition coefficient (Wildman–Crippen LogP) is 5.59. The number of nitrogens with zero attached hydrogens (tertiary/aromatic N) is 2. The van der Waals surface area contributed by atoms with Gasteiger partial charge in [0, 0.05) is 28.4 Å². The average Bonchev–Trinajstić information content (AvgIpc) is 3.77. The summed E-state index contributed by atoms with van der Waals surface area (Å²) in [6.45, 7) is 1.60. The summed E-state index contributed by atoms with van der Waals surface area (Å²) in [6, 6.07) is 17.2. The summed E-state index contributed by atoms with van der Waals surface area (Å²) in [6.07, 6.45) is 2.89. The van der Waals surface area contributed by atoms with E-state index in [0.29, 0.717) is 21.3 Å². The Bertz CT molecular complexity index is 1350. The van der Waals surface area contributed by atoms with Crippen molar-refractivity contribution in [1.29, 1.82) is 0 Å². The molecule has 2 heterocycles. The number of pyridine rings is 1. The molecule has 3 aromatic rings. The fraction of sp³-hybridized carbons (Fsp3) is 0.367. The first kappa shape index (κ1) is 27.6. The average molecular weight is 569 g/mol. The number of morpholine rings is 1. The summed E-state index contributed by atoms with van der Waals surface area (Å²) in [7, 11) is 1.31. The van der Waals surface area contributed by atoms with Crippen LogP contribution in [0.25, 0.3) is 0 Å². The molecule has 1 saturated heterocycles. The van der Waals surface area contributed by atoms with Crippen LogP contribution in [0.1, 0.15) is 59.1 Å². The molecule has 39 heavy (non-hydrogen) atoms. The first-order chi connectivity index (χ1) is 18.7. The first-order valence-corrected chi connectivity index (χ1v) is 13.7. The number of carbonyl (C=O) groups excluding carboxylic acids is 2.